The third kappa shape index (κ3) is 2.97. The quantitative estimate of drug-likeness (QED) is 0.648. The molecule has 0 aliphatic rings. The first-order valence-electron chi connectivity index (χ1n) is 5.03. The van der Waals surface area contributed by atoms with Gasteiger partial charge >= 0.3 is 0 Å². The molecule has 2 aromatic rings. The Kier molecular flexibility index (Phi) is 3.77. The van der Waals surface area contributed by atoms with E-state index in [1.807, 2.05) is 30.5 Å². The van der Waals surface area contributed by atoms with Gasteiger partial charge in [0, 0.05) is 12.7 Å². The summed E-state index contributed by atoms with van der Waals surface area (Å²) in [5.74, 6) is 0.864. The highest BCUT2D eigenvalue weighted by Crippen LogP contribution is 2.11. The van der Waals surface area contributed by atoms with Crippen LogP contribution in [0.1, 0.15) is 5.56 Å². The molecule has 1 N–H and O–H groups in total. The largest absolute Gasteiger partial charge is 0.366 e. The van der Waals surface area contributed by atoms with Crippen LogP contribution in [0.3, 0.4) is 0 Å². The summed E-state index contributed by atoms with van der Waals surface area (Å²) in [6.07, 6.45) is 3.74. The third-order valence-corrected chi connectivity index (χ3v) is 2.69. The molecule has 0 aliphatic carbocycles. The summed E-state index contributed by atoms with van der Waals surface area (Å²) < 4.78 is 0. The molecule has 1 aromatic heterocycles. The molecule has 0 amide bonds. The predicted molar refractivity (Wildman–Crippen MR) is 67.6 cm³/mol. The lowest BCUT2D eigenvalue weighted by atomic mass is 10.2. The standard InChI is InChI=1S/C12H13N3S/c1-16-12-13-8-7-11(15-12)14-9-10-5-3-2-4-6-10/h2-8H,9H2,1H3,(H,13,14,15). The number of anilines is 1. The summed E-state index contributed by atoms with van der Waals surface area (Å²) in [4.78, 5) is 8.47. The maximum atomic E-state index is 4.35. The number of aromatic nitrogens is 2. The van der Waals surface area contributed by atoms with Crippen LogP contribution >= 0.6 is 11.8 Å². The van der Waals surface area contributed by atoms with Gasteiger partial charge in [0.05, 0.1) is 0 Å². The molecule has 0 saturated carbocycles. The van der Waals surface area contributed by atoms with Gasteiger partial charge in [-0.05, 0) is 17.9 Å². The van der Waals surface area contributed by atoms with E-state index in [1.165, 1.54) is 5.56 Å². The lowest BCUT2D eigenvalue weighted by Crippen LogP contribution is -2.01. The second-order valence-corrected chi connectivity index (χ2v) is 4.04. The molecule has 0 bridgehead atoms. The number of nitrogens with zero attached hydrogens (tertiary/aromatic N) is 2. The van der Waals surface area contributed by atoms with E-state index in [-0.39, 0.29) is 0 Å². The van der Waals surface area contributed by atoms with Crippen LogP contribution < -0.4 is 5.32 Å². The van der Waals surface area contributed by atoms with Crippen LogP contribution in [0.5, 0.6) is 0 Å². The number of benzene rings is 1. The van der Waals surface area contributed by atoms with Gasteiger partial charge in [-0.2, -0.15) is 0 Å². The fourth-order valence-corrected chi connectivity index (χ4v) is 1.68. The van der Waals surface area contributed by atoms with Gasteiger partial charge in [-0.15, -0.1) is 0 Å². The molecule has 82 valence electrons. The molecule has 0 radical (unpaired) electrons. The summed E-state index contributed by atoms with van der Waals surface area (Å²) >= 11 is 1.54. The molecule has 1 aromatic carbocycles. The van der Waals surface area contributed by atoms with E-state index in [0.717, 1.165) is 17.5 Å². The van der Waals surface area contributed by atoms with E-state index < -0.39 is 0 Å². The van der Waals surface area contributed by atoms with Gasteiger partial charge in [-0.1, -0.05) is 42.1 Å². The molecular formula is C12H13N3S. The van der Waals surface area contributed by atoms with Gasteiger partial charge in [0.25, 0.3) is 0 Å². The normalized spacial score (nSPS) is 10.1. The average Bonchev–Trinajstić information content (AvgIpc) is 2.38. The number of rotatable bonds is 4. The Balaban J connectivity index is 1.99. The van der Waals surface area contributed by atoms with E-state index in [9.17, 15) is 0 Å². The van der Waals surface area contributed by atoms with Gasteiger partial charge in [0.1, 0.15) is 5.82 Å². The van der Waals surface area contributed by atoms with Crippen molar-refractivity contribution in [1.29, 1.82) is 0 Å². The van der Waals surface area contributed by atoms with E-state index >= 15 is 0 Å². The van der Waals surface area contributed by atoms with Crippen molar-refractivity contribution in [2.45, 2.75) is 11.7 Å². The van der Waals surface area contributed by atoms with Crippen molar-refractivity contribution < 1.29 is 0 Å². The molecule has 3 nitrogen and oxygen atoms in total. The van der Waals surface area contributed by atoms with Crippen molar-refractivity contribution in [1.82, 2.24) is 9.97 Å². The average molecular weight is 231 g/mol. The molecule has 0 atom stereocenters. The smallest absolute Gasteiger partial charge is 0.189 e. The first kappa shape index (κ1) is 11.0. The minimum atomic E-state index is 0.783. The van der Waals surface area contributed by atoms with Crippen LogP contribution in [0, 0.1) is 0 Å². The highest BCUT2D eigenvalue weighted by Gasteiger charge is 1.97. The van der Waals surface area contributed by atoms with Gasteiger partial charge in [0.15, 0.2) is 5.16 Å². The van der Waals surface area contributed by atoms with Gasteiger partial charge in [0.2, 0.25) is 0 Å². The minimum absolute atomic E-state index is 0.783. The lowest BCUT2D eigenvalue weighted by molar-refractivity contribution is 0.956. The second-order valence-electron chi connectivity index (χ2n) is 3.27. The summed E-state index contributed by atoms with van der Waals surface area (Å²) in [5.41, 5.74) is 1.24. The molecule has 0 aliphatic heterocycles. The zero-order chi connectivity index (χ0) is 11.2. The number of nitrogens with one attached hydrogen (secondary N) is 1. The van der Waals surface area contributed by atoms with Crippen LogP contribution in [-0.2, 0) is 6.54 Å². The minimum Gasteiger partial charge on any atom is -0.366 e. The van der Waals surface area contributed by atoms with Crippen molar-refractivity contribution in [2.75, 3.05) is 11.6 Å². The predicted octanol–water partition coefficient (Wildman–Crippen LogP) is 2.81. The second kappa shape index (κ2) is 5.51. The molecule has 16 heavy (non-hydrogen) atoms. The summed E-state index contributed by atoms with van der Waals surface area (Å²) in [6.45, 7) is 0.783. The molecule has 4 heteroatoms. The third-order valence-electron chi connectivity index (χ3n) is 2.13. The molecule has 0 spiro atoms. The number of hydrogen-bond acceptors (Lipinski definition) is 4. The Hall–Kier alpha value is -1.55. The van der Waals surface area contributed by atoms with Gasteiger partial charge in [-0.25, -0.2) is 9.97 Å². The monoisotopic (exact) mass is 231 g/mol. The summed E-state index contributed by atoms with van der Waals surface area (Å²) in [5, 5.41) is 4.06. The lowest BCUT2D eigenvalue weighted by Gasteiger charge is -2.05. The van der Waals surface area contributed by atoms with E-state index in [0.29, 0.717) is 0 Å². The fraction of sp³-hybridized carbons (Fsp3) is 0.167. The Morgan fingerprint density at radius 3 is 2.75 bits per heavy atom. The van der Waals surface area contributed by atoms with Crippen molar-refractivity contribution in [3.8, 4) is 0 Å². The van der Waals surface area contributed by atoms with Gasteiger partial charge < -0.3 is 5.32 Å². The zero-order valence-electron chi connectivity index (χ0n) is 9.05. The van der Waals surface area contributed by atoms with Crippen molar-refractivity contribution in [2.24, 2.45) is 0 Å². The van der Waals surface area contributed by atoms with Crippen LogP contribution in [0.2, 0.25) is 0 Å². The summed E-state index contributed by atoms with van der Waals surface area (Å²) in [6, 6.07) is 12.1. The first-order valence-corrected chi connectivity index (χ1v) is 6.26. The summed E-state index contributed by atoms with van der Waals surface area (Å²) in [7, 11) is 0. The van der Waals surface area contributed by atoms with Crippen molar-refractivity contribution in [3.63, 3.8) is 0 Å². The van der Waals surface area contributed by atoms with E-state index in [4.69, 9.17) is 0 Å². The maximum Gasteiger partial charge on any atom is 0.189 e. The Labute approximate surface area is 99.3 Å². The zero-order valence-corrected chi connectivity index (χ0v) is 9.87. The first-order chi connectivity index (χ1) is 7.88. The van der Waals surface area contributed by atoms with Crippen molar-refractivity contribution in [3.05, 3.63) is 48.2 Å². The van der Waals surface area contributed by atoms with Crippen LogP contribution in [0.25, 0.3) is 0 Å². The van der Waals surface area contributed by atoms with Crippen LogP contribution in [0.15, 0.2) is 47.8 Å². The van der Waals surface area contributed by atoms with Crippen LogP contribution in [0.4, 0.5) is 5.82 Å². The van der Waals surface area contributed by atoms with E-state index in [1.54, 1.807) is 18.0 Å². The SMILES string of the molecule is CSc1nccc(NCc2ccccc2)n1. The highest BCUT2D eigenvalue weighted by molar-refractivity contribution is 7.98. The van der Waals surface area contributed by atoms with Gasteiger partial charge in [-0.3, -0.25) is 0 Å². The highest BCUT2D eigenvalue weighted by atomic mass is 32.2. The molecule has 0 fully saturated rings. The fourth-order valence-electron chi connectivity index (χ4n) is 1.33. The van der Waals surface area contributed by atoms with Crippen molar-refractivity contribution >= 4 is 17.6 Å². The Morgan fingerprint density at radius 2 is 2.00 bits per heavy atom. The molecular weight excluding hydrogens is 218 g/mol. The van der Waals surface area contributed by atoms with E-state index in [2.05, 4.69) is 27.4 Å². The van der Waals surface area contributed by atoms with Crippen LogP contribution in [-0.4, -0.2) is 16.2 Å². The number of thioether (sulfide) groups is 1. The molecule has 0 saturated heterocycles. The molecule has 0 unspecified atom stereocenters. The topological polar surface area (TPSA) is 37.8 Å². The molecule has 1 heterocycles. The number of hydrogen-bond donors (Lipinski definition) is 1. The Morgan fingerprint density at radius 1 is 1.19 bits per heavy atom. The maximum absolute atomic E-state index is 4.35. The molecule has 2 rings (SSSR count). The Bertz CT molecular complexity index is 445.